The summed E-state index contributed by atoms with van der Waals surface area (Å²) in [5, 5.41) is 0. The first kappa shape index (κ1) is 8.31. The Morgan fingerprint density at radius 2 is 1.85 bits per heavy atom. The molecule has 0 nitrogen and oxygen atoms in total. The minimum atomic E-state index is 0.204. The highest BCUT2D eigenvalue weighted by atomic mass is 14.3. The number of hydrogen-bond donors (Lipinski definition) is 0. The molecule has 1 aromatic carbocycles. The number of hydrogen-bond acceptors (Lipinski definition) is 0. The lowest BCUT2D eigenvalue weighted by atomic mass is 9.77. The van der Waals surface area contributed by atoms with Crippen LogP contribution in [-0.2, 0) is 5.41 Å². The minimum Gasteiger partial charge on any atom is -0.0834 e. The molecule has 1 aromatic rings. The lowest BCUT2D eigenvalue weighted by Crippen LogP contribution is -2.18. The van der Waals surface area contributed by atoms with Crippen molar-refractivity contribution in [2.75, 3.05) is 0 Å². The smallest absolute Gasteiger partial charge is 0.0141 e. The Morgan fingerprint density at radius 1 is 1.08 bits per heavy atom. The Bertz CT molecular complexity index is 332. The molecule has 2 rings (SSSR count). The van der Waals surface area contributed by atoms with Crippen molar-refractivity contribution in [2.45, 2.75) is 18.8 Å². The highest BCUT2D eigenvalue weighted by Crippen LogP contribution is 2.31. The van der Waals surface area contributed by atoms with Crippen molar-refractivity contribution in [3.05, 3.63) is 60.2 Å². The van der Waals surface area contributed by atoms with Gasteiger partial charge in [-0.1, -0.05) is 61.6 Å². The van der Waals surface area contributed by atoms with Crippen LogP contribution in [0.5, 0.6) is 0 Å². The minimum absolute atomic E-state index is 0.204. The van der Waals surface area contributed by atoms with Gasteiger partial charge in [0, 0.05) is 5.41 Å². The fourth-order valence-electron chi connectivity index (χ4n) is 1.76. The van der Waals surface area contributed by atoms with Crippen molar-refractivity contribution in [3.63, 3.8) is 0 Å². The maximum absolute atomic E-state index is 2.28. The lowest BCUT2D eigenvalue weighted by molar-refractivity contribution is 0.600. The monoisotopic (exact) mass is 170 g/mol. The van der Waals surface area contributed by atoms with E-state index in [1.54, 1.807) is 0 Å². The van der Waals surface area contributed by atoms with Gasteiger partial charge < -0.3 is 0 Å². The van der Waals surface area contributed by atoms with E-state index in [-0.39, 0.29) is 5.41 Å². The van der Waals surface area contributed by atoms with E-state index in [0.717, 1.165) is 6.42 Å². The zero-order valence-electron chi connectivity index (χ0n) is 7.90. The Balaban J connectivity index is 2.35. The van der Waals surface area contributed by atoms with Crippen LogP contribution in [0, 0.1) is 0 Å². The second-order valence-electron chi connectivity index (χ2n) is 3.77. The van der Waals surface area contributed by atoms with Gasteiger partial charge in [-0.3, -0.25) is 0 Å². The summed E-state index contributed by atoms with van der Waals surface area (Å²) in [6, 6.07) is 10.7. The van der Waals surface area contributed by atoms with Crippen LogP contribution >= 0.6 is 0 Å². The molecule has 0 bridgehead atoms. The Kier molecular flexibility index (Phi) is 2.05. The normalized spacial score (nSPS) is 26.2. The summed E-state index contributed by atoms with van der Waals surface area (Å²) in [5.41, 5.74) is 1.60. The van der Waals surface area contributed by atoms with E-state index in [9.17, 15) is 0 Å². The van der Waals surface area contributed by atoms with E-state index in [1.807, 2.05) is 0 Å². The maximum Gasteiger partial charge on any atom is 0.0141 e. The molecule has 66 valence electrons. The van der Waals surface area contributed by atoms with Crippen LogP contribution in [0.2, 0.25) is 0 Å². The summed E-state index contributed by atoms with van der Waals surface area (Å²) in [6.07, 6.45) is 9.87. The van der Waals surface area contributed by atoms with Gasteiger partial charge in [0.25, 0.3) is 0 Å². The Labute approximate surface area is 79.6 Å². The summed E-state index contributed by atoms with van der Waals surface area (Å²) in [6.45, 7) is 2.28. The second-order valence-corrected chi connectivity index (χ2v) is 3.77. The van der Waals surface area contributed by atoms with Crippen molar-refractivity contribution >= 4 is 0 Å². The molecule has 0 radical (unpaired) electrons. The summed E-state index contributed by atoms with van der Waals surface area (Å²) >= 11 is 0. The summed E-state index contributed by atoms with van der Waals surface area (Å²) in [5.74, 6) is 0. The van der Waals surface area contributed by atoms with Crippen molar-refractivity contribution in [3.8, 4) is 0 Å². The topological polar surface area (TPSA) is 0 Å². The van der Waals surface area contributed by atoms with E-state index in [4.69, 9.17) is 0 Å². The van der Waals surface area contributed by atoms with Gasteiger partial charge in [-0.2, -0.15) is 0 Å². The Morgan fingerprint density at radius 3 is 2.46 bits per heavy atom. The van der Waals surface area contributed by atoms with E-state index < -0.39 is 0 Å². The van der Waals surface area contributed by atoms with Crippen LogP contribution in [0.1, 0.15) is 18.9 Å². The third kappa shape index (κ3) is 1.57. The van der Waals surface area contributed by atoms with Crippen LogP contribution in [0.25, 0.3) is 0 Å². The first-order valence-corrected chi connectivity index (χ1v) is 4.71. The van der Waals surface area contributed by atoms with Crippen molar-refractivity contribution < 1.29 is 0 Å². The predicted octanol–water partition coefficient (Wildman–Crippen LogP) is 3.46. The average Bonchev–Trinajstić information content (AvgIpc) is 2.20. The van der Waals surface area contributed by atoms with Gasteiger partial charge >= 0.3 is 0 Å². The fourth-order valence-corrected chi connectivity index (χ4v) is 1.76. The lowest BCUT2D eigenvalue weighted by Gasteiger charge is -2.26. The van der Waals surface area contributed by atoms with Gasteiger partial charge in [0.1, 0.15) is 0 Å². The molecule has 0 fully saturated rings. The molecule has 13 heavy (non-hydrogen) atoms. The van der Waals surface area contributed by atoms with Gasteiger partial charge in [-0.05, 0) is 12.0 Å². The first-order chi connectivity index (χ1) is 6.31. The van der Waals surface area contributed by atoms with Crippen LogP contribution < -0.4 is 0 Å². The number of rotatable bonds is 1. The largest absolute Gasteiger partial charge is 0.0834 e. The quantitative estimate of drug-likeness (QED) is 0.605. The highest BCUT2D eigenvalue weighted by molar-refractivity contribution is 5.34. The highest BCUT2D eigenvalue weighted by Gasteiger charge is 2.22. The van der Waals surface area contributed by atoms with E-state index in [2.05, 4.69) is 61.6 Å². The van der Waals surface area contributed by atoms with E-state index in [0.29, 0.717) is 0 Å². The molecular weight excluding hydrogens is 156 g/mol. The fraction of sp³-hybridized carbons (Fsp3) is 0.231. The summed E-state index contributed by atoms with van der Waals surface area (Å²) in [7, 11) is 0. The van der Waals surface area contributed by atoms with Crippen LogP contribution in [-0.4, -0.2) is 0 Å². The van der Waals surface area contributed by atoms with Gasteiger partial charge in [-0.25, -0.2) is 0 Å². The zero-order chi connectivity index (χ0) is 9.15. The Hall–Kier alpha value is -1.30. The summed E-state index contributed by atoms with van der Waals surface area (Å²) < 4.78 is 0. The van der Waals surface area contributed by atoms with Crippen LogP contribution in [0.4, 0.5) is 0 Å². The van der Waals surface area contributed by atoms with Crippen molar-refractivity contribution in [1.82, 2.24) is 0 Å². The molecule has 1 atom stereocenters. The second kappa shape index (κ2) is 3.21. The van der Waals surface area contributed by atoms with E-state index >= 15 is 0 Å². The third-order valence-corrected chi connectivity index (χ3v) is 2.69. The number of allylic oxidation sites excluding steroid dienone is 4. The molecule has 0 saturated heterocycles. The molecule has 0 spiro atoms. The molecule has 0 aliphatic heterocycles. The van der Waals surface area contributed by atoms with Crippen LogP contribution in [0.3, 0.4) is 0 Å². The van der Waals surface area contributed by atoms with Crippen molar-refractivity contribution in [1.29, 1.82) is 0 Å². The molecule has 1 aliphatic carbocycles. The SMILES string of the molecule is CC1(c2ccccc2)C=CC=CC1. The zero-order valence-corrected chi connectivity index (χ0v) is 7.90. The van der Waals surface area contributed by atoms with Crippen LogP contribution in [0.15, 0.2) is 54.6 Å². The van der Waals surface area contributed by atoms with E-state index in [1.165, 1.54) is 5.56 Å². The first-order valence-electron chi connectivity index (χ1n) is 4.71. The standard InChI is InChI=1S/C13H14/c1-13(10-6-3-7-11-13)12-8-4-2-5-9-12/h2-10H,11H2,1H3. The molecule has 0 heteroatoms. The van der Waals surface area contributed by atoms with Gasteiger partial charge in [0.05, 0.1) is 0 Å². The number of benzene rings is 1. The van der Waals surface area contributed by atoms with Crippen molar-refractivity contribution in [2.24, 2.45) is 0 Å². The molecular formula is C13H14. The third-order valence-electron chi connectivity index (χ3n) is 2.69. The molecule has 0 heterocycles. The molecule has 1 unspecified atom stereocenters. The molecule has 0 N–H and O–H groups in total. The molecule has 0 saturated carbocycles. The maximum atomic E-state index is 2.28. The molecule has 0 amide bonds. The molecule has 0 aromatic heterocycles. The van der Waals surface area contributed by atoms with Gasteiger partial charge in [0.15, 0.2) is 0 Å². The molecule has 1 aliphatic rings. The predicted molar refractivity (Wildman–Crippen MR) is 56.7 cm³/mol. The summed E-state index contributed by atoms with van der Waals surface area (Å²) in [4.78, 5) is 0. The van der Waals surface area contributed by atoms with Gasteiger partial charge in [0.2, 0.25) is 0 Å². The average molecular weight is 170 g/mol. The van der Waals surface area contributed by atoms with Gasteiger partial charge in [-0.15, -0.1) is 0 Å².